The molecule has 0 atom stereocenters. The van der Waals surface area contributed by atoms with Gasteiger partial charge >= 0.3 is 0 Å². The molecule has 3 aromatic rings. The Hall–Kier alpha value is -2.54. The van der Waals surface area contributed by atoms with Crippen molar-refractivity contribution in [2.24, 2.45) is 0 Å². The molecule has 3 heterocycles. The minimum Gasteiger partial charge on any atom is -0.420 e. The number of anilines is 1. The Labute approximate surface area is 164 Å². The molecule has 2 aliphatic rings. The molecule has 0 unspecified atom stereocenters. The maximum atomic E-state index is 5.60. The van der Waals surface area contributed by atoms with Gasteiger partial charge in [0.2, 0.25) is 5.89 Å². The van der Waals surface area contributed by atoms with Gasteiger partial charge in [0.25, 0.3) is 5.89 Å². The van der Waals surface area contributed by atoms with E-state index in [1.165, 1.54) is 32.1 Å². The molecule has 7 nitrogen and oxygen atoms in total. The van der Waals surface area contributed by atoms with Crippen molar-refractivity contribution in [2.45, 2.75) is 45.1 Å². The van der Waals surface area contributed by atoms with Crippen molar-refractivity contribution < 1.29 is 4.42 Å². The molecule has 7 heteroatoms. The van der Waals surface area contributed by atoms with E-state index < -0.39 is 0 Å². The van der Waals surface area contributed by atoms with Crippen LogP contribution in [0.25, 0.3) is 22.4 Å². The van der Waals surface area contributed by atoms with Gasteiger partial charge in [-0.15, -0.1) is 20.4 Å². The number of aryl methyl sites for hydroxylation is 1. The number of aromatic nitrogens is 4. The van der Waals surface area contributed by atoms with Gasteiger partial charge in [0, 0.05) is 49.9 Å². The van der Waals surface area contributed by atoms with Crippen LogP contribution in [0.5, 0.6) is 0 Å². The van der Waals surface area contributed by atoms with E-state index in [4.69, 9.17) is 4.42 Å². The fourth-order valence-electron chi connectivity index (χ4n) is 4.62. The van der Waals surface area contributed by atoms with Crippen LogP contribution >= 0.6 is 0 Å². The van der Waals surface area contributed by atoms with E-state index in [1.807, 2.05) is 6.07 Å². The van der Waals surface area contributed by atoms with Gasteiger partial charge in [-0.05, 0) is 12.8 Å². The summed E-state index contributed by atoms with van der Waals surface area (Å²) in [6.07, 6.45) is 6.90. The van der Waals surface area contributed by atoms with Gasteiger partial charge in [-0.1, -0.05) is 43.5 Å². The molecule has 0 spiro atoms. The van der Waals surface area contributed by atoms with E-state index in [2.05, 4.69) is 48.4 Å². The Kier molecular flexibility index (Phi) is 4.68. The summed E-state index contributed by atoms with van der Waals surface area (Å²) in [5, 5.41) is 19.2. The molecule has 0 amide bonds. The standard InChI is InChI=1S/C21H26N6O/c1-15-22-25-21(28-15)19-17-9-5-6-10-18(17)20(24-23-19)27-13-11-26(12-14-27)16-7-3-2-4-8-16/h5-6,9-10,16H,2-4,7-8,11-14H2,1H3. The zero-order valence-corrected chi connectivity index (χ0v) is 16.3. The lowest BCUT2D eigenvalue weighted by Crippen LogP contribution is -2.51. The molecular formula is C21H26N6O. The van der Waals surface area contributed by atoms with Crippen LogP contribution in [0.2, 0.25) is 0 Å². The molecule has 1 aromatic carbocycles. The van der Waals surface area contributed by atoms with Crippen LogP contribution in [-0.4, -0.2) is 57.5 Å². The second-order valence-corrected chi connectivity index (χ2v) is 7.86. The second kappa shape index (κ2) is 7.47. The molecule has 2 fully saturated rings. The third-order valence-electron chi connectivity index (χ3n) is 6.10. The van der Waals surface area contributed by atoms with Gasteiger partial charge in [0.1, 0.15) is 0 Å². The summed E-state index contributed by atoms with van der Waals surface area (Å²) in [7, 11) is 0. The number of nitrogens with zero attached hydrogens (tertiary/aromatic N) is 6. The topological polar surface area (TPSA) is 71.2 Å². The summed E-state index contributed by atoms with van der Waals surface area (Å²) < 4.78 is 5.60. The molecule has 0 bridgehead atoms. The molecule has 1 saturated carbocycles. The highest BCUT2D eigenvalue weighted by Gasteiger charge is 2.27. The molecule has 1 aliphatic carbocycles. The van der Waals surface area contributed by atoms with Crippen LogP contribution in [0, 0.1) is 6.92 Å². The average molecular weight is 378 g/mol. The Morgan fingerprint density at radius 3 is 2.32 bits per heavy atom. The van der Waals surface area contributed by atoms with Crippen molar-refractivity contribution >= 4 is 16.6 Å². The minimum atomic E-state index is 0.426. The van der Waals surface area contributed by atoms with Crippen molar-refractivity contribution in [1.82, 2.24) is 25.3 Å². The largest absolute Gasteiger partial charge is 0.420 e. The van der Waals surface area contributed by atoms with Crippen LogP contribution in [0.15, 0.2) is 28.7 Å². The fourth-order valence-corrected chi connectivity index (χ4v) is 4.62. The second-order valence-electron chi connectivity index (χ2n) is 7.86. The van der Waals surface area contributed by atoms with Gasteiger partial charge in [-0.3, -0.25) is 4.90 Å². The van der Waals surface area contributed by atoms with E-state index in [9.17, 15) is 0 Å². The van der Waals surface area contributed by atoms with E-state index in [1.54, 1.807) is 6.92 Å². The Bertz CT molecular complexity index is 956. The SMILES string of the molecule is Cc1nnc(-c2nnc(N3CCN(C4CCCCC4)CC3)c3ccccc23)o1. The number of hydrogen-bond donors (Lipinski definition) is 0. The summed E-state index contributed by atoms with van der Waals surface area (Å²) in [4.78, 5) is 5.05. The van der Waals surface area contributed by atoms with Crippen molar-refractivity contribution in [1.29, 1.82) is 0 Å². The predicted molar refractivity (Wildman–Crippen MR) is 108 cm³/mol. The zero-order chi connectivity index (χ0) is 18.9. The molecule has 0 N–H and O–H groups in total. The van der Waals surface area contributed by atoms with Crippen LogP contribution in [0.4, 0.5) is 5.82 Å². The van der Waals surface area contributed by atoms with Gasteiger partial charge in [-0.2, -0.15) is 0 Å². The number of piperazine rings is 1. The maximum Gasteiger partial charge on any atom is 0.268 e. The zero-order valence-electron chi connectivity index (χ0n) is 16.3. The lowest BCUT2D eigenvalue weighted by molar-refractivity contribution is 0.147. The summed E-state index contributed by atoms with van der Waals surface area (Å²) in [5.74, 6) is 1.91. The van der Waals surface area contributed by atoms with Gasteiger partial charge < -0.3 is 9.32 Å². The minimum absolute atomic E-state index is 0.426. The van der Waals surface area contributed by atoms with Crippen LogP contribution in [0.3, 0.4) is 0 Å². The first kappa shape index (κ1) is 17.6. The highest BCUT2D eigenvalue weighted by Crippen LogP contribution is 2.32. The molecule has 146 valence electrons. The normalized spacial score (nSPS) is 19.4. The highest BCUT2D eigenvalue weighted by molar-refractivity contribution is 5.99. The van der Waals surface area contributed by atoms with Gasteiger partial charge in [0.05, 0.1) is 0 Å². The number of fused-ring (bicyclic) bond motifs is 1. The summed E-state index contributed by atoms with van der Waals surface area (Å²) in [5.41, 5.74) is 0.654. The summed E-state index contributed by atoms with van der Waals surface area (Å²) >= 11 is 0. The first-order valence-electron chi connectivity index (χ1n) is 10.3. The number of hydrogen-bond acceptors (Lipinski definition) is 7. The fraction of sp³-hybridized carbons (Fsp3) is 0.524. The van der Waals surface area contributed by atoms with Crippen molar-refractivity contribution in [3.05, 3.63) is 30.2 Å². The van der Waals surface area contributed by atoms with Gasteiger partial charge in [0.15, 0.2) is 11.5 Å². The molecule has 28 heavy (non-hydrogen) atoms. The molecule has 1 saturated heterocycles. The first-order chi connectivity index (χ1) is 13.8. The maximum absolute atomic E-state index is 5.60. The lowest BCUT2D eigenvalue weighted by Gasteiger charge is -2.41. The van der Waals surface area contributed by atoms with Crippen LogP contribution in [-0.2, 0) is 0 Å². The predicted octanol–water partition coefficient (Wildman–Crippen LogP) is 3.44. The Morgan fingerprint density at radius 1 is 0.857 bits per heavy atom. The molecule has 1 aliphatic heterocycles. The van der Waals surface area contributed by atoms with Crippen LogP contribution in [0.1, 0.15) is 38.0 Å². The quantitative estimate of drug-likeness (QED) is 0.691. The summed E-state index contributed by atoms with van der Waals surface area (Å²) in [6.45, 7) is 5.98. The third-order valence-corrected chi connectivity index (χ3v) is 6.10. The average Bonchev–Trinajstić information content (AvgIpc) is 3.20. The smallest absolute Gasteiger partial charge is 0.268 e. The lowest BCUT2D eigenvalue weighted by atomic mass is 9.94. The van der Waals surface area contributed by atoms with Gasteiger partial charge in [-0.25, -0.2) is 0 Å². The van der Waals surface area contributed by atoms with E-state index >= 15 is 0 Å². The van der Waals surface area contributed by atoms with Crippen LogP contribution < -0.4 is 4.90 Å². The van der Waals surface area contributed by atoms with Crippen molar-refractivity contribution in [3.8, 4) is 11.6 Å². The first-order valence-corrected chi connectivity index (χ1v) is 10.3. The Balaban J connectivity index is 1.41. The monoisotopic (exact) mass is 378 g/mol. The van der Waals surface area contributed by atoms with E-state index in [0.29, 0.717) is 17.5 Å². The number of rotatable bonds is 3. The summed E-state index contributed by atoms with van der Waals surface area (Å²) in [6, 6.07) is 9.01. The third kappa shape index (κ3) is 3.24. The van der Waals surface area contributed by atoms with Crippen molar-refractivity contribution in [3.63, 3.8) is 0 Å². The van der Waals surface area contributed by atoms with E-state index in [-0.39, 0.29) is 0 Å². The van der Waals surface area contributed by atoms with E-state index in [0.717, 1.165) is 48.8 Å². The molecular weight excluding hydrogens is 352 g/mol. The molecule has 0 radical (unpaired) electrons. The number of benzene rings is 1. The molecule has 2 aromatic heterocycles. The highest BCUT2D eigenvalue weighted by atomic mass is 16.4. The Morgan fingerprint density at radius 2 is 1.61 bits per heavy atom. The van der Waals surface area contributed by atoms with Crippen molar-refractivity contribution in [2.75, 3.05) is 31.1 Å². The molecule has 5 rings (SSSR count).